The van der Waals surface area contributed by atoms with Gasteiger partial charge in [-0.05, 0) is 55.7 Å². The van der Waals surface area contributed by atoms with Crippen LogP contribution in [0.25, 0.3) is 10.9 Å². The molecule has 1 aliphatic carbocycles. The number of nitrogens with zero attached hydrogens (tertiary/aromatic N) is 2. The van der Waals surface area contributed by atoms with Gasteiger partial charge in [-0.3, -0.25) is 19.9 Å². The summed E-state index contributed by atoms with van der Waals surface area (Å²) in [6.45, 7) is 2.13. The minimum Gasteiger partial charge on any atom is -0.361 e. The van der Waals surface area contributed by atoms with E-state index in [1.54, 1.807) is 13.1 Å². The molecule has 1 fully saturated rings. The highest BCUT2D eigenvalue weighted by atomic mass is 16.6. The molecule has 0 unspecified atom stereocenters. The maximum Gasteiger partial charge on any atom is 0.320 e. The Bertz CT molecular complexity index is 1530. The number of aromatic amines is 1. The van der Waals surface area contributed by atoms with Gasteiger partial charge in [0.2, 0.25) is 5.91 Å². The number of nitrogens with one attached hydrogen (secondary N) is 4. The number of amides is 3. The van der Waals surface area contributed by atoms with Crippen molar-refractivity contribution in [2.24, 2.45) is 0 Å². The number of non-ortho nitro benzene ring substituents is 1. The van der Waals surface area contributed by atoms with Gasteiger partial charge in [-0.1, -0.05) is 43.5 Å². The van der Waals surface area contributed by atoms with E-state index in [0.29, 0.717) is 12.2 Å². The lowest BCUT2D eigenvalue weighted by atomic mass is 9.71. The van der Waals surface area contributed by atoms with Gasteiger partial charge < -0.3 is 20.9 Å². The fraction of sp³-hybridized carbons (Fsp3) is 0.323. The summed E-state index contributed by atoms with van der Waals surface area (Å²) in [4.78, 5) is 45.5. The van der Waals surface area contributed by atoms with Gasteiger partial charge in [0, 0.05) is 65.2 Å². The van der Waals surface area contributed by atoms with Gasteiger partial charge in [0.25, 0.3) is 5.69 Å². The number of hydrogen-bond acceptors (Lipinski definition) is 5. The van der Waals surface area contributed by atoms with Crippen LogP contribution in [0, 0.1) is 10.1 Å². The molecule has 10 heteroatoms. The number of fused-ring (bicyclic) bond motifs is 1. The molecule has 212 valence electrons. The fourth-order valence-electron chi connectivity index (χ4n) is 5.79. The van der Waals surface area contributed by atoms with E-state index in [1.807, 2.05) is 48.7 Å². The summed E-state index contributed by atoms with van der Waals surface area (Å²) < 4.78 is 0. The van der Waals surface area contributed by atoms with Gasteiger partial charge in [-0.15, -0.1) is 0 Å². The number of H-pyrrole nitrogens is 1. The van der Waals surface area contributed by atoms with Crippen LogP contribution in [0.1, 0.15) is 50.3 Å². The first-order chi connectivity index (χ1) is 19.8. The highest BCUT2D eigenvalue weighted by Gasteiger charge is 2.40. The van der Waals surface area contributed by atoms with Crippen molar-refractivity contribution >= 4 is 34.2 Å². The quantitative estimate of drug-likeness (QED) is 0.157. The Balaban J connectivity index is 1.38. The first-order valence-electron chi connectivity index (χ1n) is 13.9. The van der Waals surface area contributed by atoms with E-state index in [2.05, 4.69) is 25.9 Å². The number of anilines is 1. The van der Waals surface area contributed by atoms with Crippen molar-refractivity contribution in [1.82, 2.24) is 20.6 Å². The summed E-state index contributed by atoms with van der Waals surface area (Å²) in [6.07, 6.45) is 9.04. The summed E-state index contributed by atoms with van der Waals surface area (Å²) in [5, 5.41) is 20.7. The lowest BCUT2D eigenvalue weighted by Crippen LogP contribution is -2.60. The monoisotopic (exact) mass is 554 g/mol. The van der Waals surface area contributed by atoms with Crippen LogP contribution in [-0.4, -0.2) is 38.9 Å². The van der Waals surface area contributed by atoms with Gasteiger partial charge in [-0.25, -0.2) is 4.79 Å². The first kappa shape index (κ1) is 27.8. The topological polar surface area (TPSA) is 142 Å². The molecule has 0 spiro atoms. The first-order valence-corrected chi connectivity index (χ1v) is 13.9. The largest absolute Gasteiger partial charge is 0.361 e. The molecule has 1 saturated carbocycles. The zero-order valence-electron chi connectivity index (χ0n) is 23.0. The van der Waals surface area contributed by atoms with Gasteiger partial charge in [-0.2, -0.15) is 0 Å². The van der Waals surface area contributed by atoms with E-state index in [4.69, 9.17) is 0 Å². The number of nitro benzene ring substituents is 1. The van der Waals surface area contributed by atoms with Gasteiger partial charge in [0.15, 0.2) is 0 Å². The number of para-hydroxylation sites is 1. The van der Waals surface area contributed by atoms with E-state index >= 15 is 0 Å². The van der Waals surface area contributed by atoms with E-state index in [9.17, 15) is 19.7 Å². The van der Waals surface area contributed by atoms with E-state index in [0.717, 1.165) is 54.3 Å². The van der Waals surface area contributed by atoms with Crippen LogP contribution < -0.4 is 16.0 Å². The van der Waals surface area contributed by atoms with Gasteiger partial charge >= 0.3 is 6.03 Å². The highest BCUT2D eigenvalue weighted by molar-refractivity contribution is 5.96. The zero-order valence-corrected chi connectivity index (χ0v) is 23.0. The van der Waals surface area contributed by atoms with Crippen LogP contribution in [0.5, 0.6) is 0 Å². The highest BCUT2D eigenvalue weighted by Crippen LogP contribution is 2.38. The van der Waals surface area contributed by atoms with Crippen molar-refractivity contribution in [2.75, 3.05) is 11.9 Å². The van der Waals surface area contributed by atoms with Crippen LogP contribution in [0.2, 0.25) is 0 Å². The van der Waals surface area contributed by atoms with Crippen LogP contribution in [0.15, 0.2) is 79.1 Å². The molecule has 4 N–H and O–H groups in total. The Hall–Kier alpha value is -4.73. The molecule has 0 bridgehead atoms. The molecule has 2 heterocycles. The molecule has 0 aliphatic heterocycles. The minimum absolute atomic E-state index is 0.0796. The van der Waals surface area contributed by atoms with Crippen molar-refractivity contribution in [1.29, 1.82) is 0 Å². The van der Waals surface area contributed by atoms with Gasteiger partial charge in [0.1, 0.15) is 5.54 Å². The second kappa shape index (κ2) is 11.8. The van der Waals surface area contributed by atoms with Crippen molar-refractivity contribution in [3.8, 4) is 0 Å². The third kappa shape index (κ3) is 6.21. The number of urea groups is 1. The number of nitro groups is 1. The summed E-state index contributed by atoms with van der Waals surface area (Å²) in [5.41, 5.74) is 1.53. The van der Waals surface area contributed by atoms with Crippen molar-refractivity contribution in [3.63, 3.8) is 0 Å². The Morgan fingerprint density at radius 3 is 2.46 bits per heavy atom. The van der Waals surface area contributed by atoms with E-state index in [1.165, 1.54) is 24.3 Å². The number of benzene rings is 2. The zero-order chi connectivity index (χ0) is 28.9. The van der Waals surface area contributed by atoms with E-state index in [-0.39, 0.29) is 23.4 Å². The lowest BCUT2D eigenvalue weighted by Gasteiger charge is -2.38. The standard InChI is InChI=1S/C31H34N6O4/c1-30(19-22-20-33-26-10-4-3-9-25(22)26,36-29(39)35-23-12-14-24(15-13-23)37(40)41)28(38)34-21-31(16-6-2-7-17-31)27-11-5-8-18-32-27/h3-5,8-15,18,20,33H,2,6-7,16-17,19,21H2,1H3,(H,34,38)(H2,35,36,39)/t30-/m0/s1. The molecule has 41 heavy (non-hydrogen) atoms. The number of carbonyl (C=O) groups is 2. The molecule has 2 aromatic heterocycles. The normalized spacial score (nSPS) is 15.9. The van der Waals surface area contributed by atoms with Crippen LogP contribution >= 0.6 is 0 Å². The molecule has 10 nitrogen and oxygen atoms in total. The smallest absolute Gasteiger partial charge is 0.320 e. The molecule has 5 rings (SSSR count). The molecule has 1 atom stereocenters. The van der Waals surface area contributed by atoms with Gasteiger partial charge in [0.05, 0.1) is 4.92 Å². The molecule has 0 saturated heterocycles. The Labute approximate surface area is 238 Å². The lowest BCUT2D eigenvalue weighted by molar-refractivity contribution is -0.384. The maximum absolute atomic E-state index is 14.0. The summed E-state index contributed by atoms with van der Waals surface area (Å²) >= 11 is 0. The second-order valence-corrected chi connectivity index (χ2v) is 11.0. The molecular formula is C31H34N6O4. The molecule has 0 radical (unpaired) electrons. The maximum atomic E-state index is 14.0. The number of rotatable bonds is 9. The van der Waals surface area contributed by atoms with Crippen molar-refractivity contribution in [2.45, 2.75) is 56.4 Å². The number of carbonyl (C=O) groups excluding carboxylic acids is 2. The molecule has 1 aliphatic rings. The third-order valence-corrected chi connectivity index (χ3v) is 8.05. The van der Waals surface area contributed by atoms with Crippen LogP contribution in [0.3, 0.4) is 0 Å². The number of aromatic nitrogens is 2. The molecule has 4 aromatic rings. The summed E-state index contributed by atoms with van der Waals surface area (Å²) in [5.74, 6) is -0.303. The van der Waals surface area contributed by atoms with Crippen LogP contribution in [0.4, 0.5) is 16.2 Å². The SMILES string of the molecule is C[C@@](Cc1c[nH]c2ccccc12)(NC(=O)Nc1ccc([N+](=O)[O-])cc1)C(=O)NCC1(c2ccccn2)CCCCC1. The van der Waals surface area contributed by atoms with Crippen molar-refractivity contribution < 1.29 is 14.5 Å². The van der Waals surface area contributed by atoms with Crippen molar-refractivity contribution in [3.05, 3.63) is 100 Å². The molecular weight excluding hydrogens is 520 g/mol. The second-order valence-electron chi connectivity index (χ2n) is 11.0. The Morgan fingerprint density at radius 2 is 1.76 bits per heavy atom. The summed E-state index contributed by atoms with van der Waals surface area (Å²) in [6, 6.07) is 18.7. The predicted molar refractivity (Wildman–Crippen MR) is 158 cm³/mol. The Kier molecular flexibility index (Phi) is 8.00. The minimum atomic E-state index is -1.31. The van der Waals surface area contributed by atoms with Crippen LogP contribution in [-0.2, 0) is 16.6 Å². The molecule has 3 amide bonds. The average molecular weight is 555 g/mol. The summed E-state index contributed by atoms with van der Waals surface area (Å²) in [7, 11) is 0. The average Bonchev–Trinajstić information content (AvgIpc) is 3.39. The number of pyridine rings is 1. The number of hydrogen-bond donors (Lipinski definition) is 4. The third-order valence-electron chi connectivity index (χ3n) is 8.05. The molecule has 2 aromatic carbocycles. The fourth-order valence-corrected chi connectivity index (χ4v) is 5.79. The Morgan fingerprint density at radius 1 is 1.02 bits per heavy atom. The van der Waals surface area contributed by atoms with E-state index < -0.39 is 16.5 Å². The predicted octanol–water partition coefficient (Wildman–Crippen LogP) is 5.61.